The Hall–Kier alpha value is -2.61. The Bertz CT molecular complexity index is 930. The Labute approximate surface area is 129 Å². The van der Waals surface area contributed by atoms with Gasteiger partial charge in [0.25, 0.3) is 0 Å². The first kappa shape index (κ1) is 14.3. The molecule has 0 aliphatic rings. The molecule has 0 spiro atoms. The molecule has 0 N–H and O–H groups in total. The lowest BCUT2D eigenvalue weighted by Crippen LogP contribution is -2.06. The van der Waals surface area contributed by atoms with Crippen LogP contribution < -0.4 is 5.43 Å². The highest BCUT2D eigenvalue weighted by Gasteiger charge is 2.08. The van der Waals surface area contributed by atoms with Crippen LogP contribution in [0.15, 0.2) is 51.7 Å². The molecule has 0 fully saturated rings. The van der Waals surface area contributed by atoms with Crippen LogP contribution in [0.5, 0.6) is 0 Å². The number of aryl methyl sites for hydroxylation is 1. The minimum absolute atomic E-state index is 0.0301. The van der Waals surface area contributed by atoms with Crippen LogP contribution in [-0.4, -0.2) is 0 Å². The first-order valence-corrected chi connectivity index (χ1v) is 7.34. The zero-order valence-corrected chi connectivity index (χ0v) is 13.0. The summed E-state index contributed by atoms with van der Waals surface area (Å²) in [5, 5.41) is 0.629. The highest BCUT2D eigenvalue weighted by atomic mass is 16.3. The summed E-state index contributed by atoms with van der Waals surface area (Å²) in [6, 6.07) is 13.5. The Balaban J connectivity index is 2.11. The highest BCUT2D eigenvalue weighted by molar-refractivity contribution is 5.80. The van der Waals surface area contributed by atoms with E-state index in [1.165, 1.54) is 11.1 Å². The van der Waals surface area contributed by atoms with Crippen molar-refractivity contribution in [2.75, 3.05) is 0 Å². The first-order chi connectivity index (χ1) is 10.6. The molecule has 3 aromatic rings. The minimum atomic E-state index is 0.0301. The van der Waals surface area contributed by atoms with Gasteiger partial charge in [0.2, 0.25) is 0 Å². The average Bonchev–Trinajstić information content (AvgIpc) is 2.53. The van der Waals surface area contributed by atoms with Crippen LogP contribution in [-0.2, 0) is 0 Å². The van der Waals surface area contributed by atoms with Gasteiger partial charge in [0.15, 0.2) is 5.43 Å². The number of rotatable bonds is 2. The van der Waals surface area contributed by atoms with E-state index in [1.54, 1.807) is 13.0 Å². The van der Waals surface area contributed by atoms with Gasteiger partial charge in [-0.3, -0.25) is 4.79 Å². The molecule has 0 aliphatic heterocycles. The topological polar surface area (TPSA) is 30.2 Å². The quantitative estimate of drug-likeness (QED) is 0.672. The molecule has 0 aliphatic carbocycles. The number of fused-ring (bicyclic) bond motifs is 1. The van der Waals surface area contributed by atoms with Crippen molar-refractivity contribution in [2.24, 2.45) is 0 Å². The predicted molar refractivity (Wildman–Crippen MR) is 92.1 cm³/mol. The standard InChI is InChI=1S/C20H18O2/c1-13-7-6-8-16(14(13)2)11-12-18-15(3)20(21)17-9-4-5-10-19(17)22-18/h4-12H,1-3H3/b12-11+. The second-order valence-electron chi connectivity index (χ2n) is 5.54. The summed E-state index contributed by atoms with van der Waals surface area (Å²) in [6.45, 7) is 5.99. The van der Waals surface area contributed by atoms with Crippen molar-refractivity contribution >= 4 is 23.1 Å². The molecule has 0 amide bonds. The van der Waals surface area contributed by atoms with Crippen molar-refractivity contribution in [2.45, 2.75) is 20.8 Å². The van der Waals surface area contributed by atoms with E-state index in [-0.39, 0.29) is 5.43 Å². The maximum atomic E-state index is 12.4. The molecule has 0 atom stereocenters. The molecular formula is C20H18O2. The fourth-order valence-electron chi connectivity index (χ4n) is 2.53. The van der Waals surface area contributed by atoms with E-state index >= 15 is 0 Å². The van der Waals surface area contributed by atoms with Crippen molar-refractivity contribution in [1.82, 2.24) is 0 Å². The van der Waals surface area contributed by atoms with Crippen molar-refractivity contribution in [3.63, 3.8) is 0 Å². The van der Waals surface area contributed by atoms with Gasteiger partial charge < -0.3 is 4.42 Å². The molecule has 22 heavy (non-hydrogen) atoms. The molecule has 2 heteroatoms. The average molecular weight is 290 g/mol. The van der Waals surface area contributed by atoms with Gasteiger partial charge >= 0.3 is 0 Å². The SMILES string of the molecule is Cc1cccc(/C=C/c2oc3ccccc3c(=O)c2C)c1C. The van der Waals surface area contributed by atoms with Crippen molar-refractivity contribution in [1.29, 1.82) is 0 Å². The largest absolute Gasteiger partial charge is 0.456 e. The Morgan fingerprint density at radius 1 is 0.864 bits per heavy atom. The molecule has 3 rings (SSSR count). The van der Waals surface area contributed by atoms with Gasteiger partial charge in [-0.25, -0.2) is 0 Å². The zero-order valence-electron chi connectivity index (χ0n) is 13.0. The van der Waals surface area contributed by atoms with Gasteiger partial charge in [0, 0.05) is 5.56 Å². The van der Waals surface area contributed by atoms with Crippen LogP contribution in [0, 0.1) is 20.8 Å². The number of para-hydroxylation sites is 1. The predicted octanol–water partition coefficient (Wildman–Crippen LogP) is 4.89. The third kappa shape index (κ3) is 2.48. The summed E-state index contributed by atoms with van der Waals surface area (Å²) in [5.41, 5.74) is 4.91. The van der Waals surface area contributed by atoms with E-state index in [0.29, 0.717) is 22.3 Å². The van der Waals surface area contributed by atoms with Gasteiger partial charge in [0.05, 0.1) is 5.39 Å². The Morgan fingerprint density at radius 3 is 2.45 bits per heavy atom. The van der Waals surface area contributed by atoms with E-state index in [9.17, 15) is 4.79 Å². The lowest BCUT2D eigenvalue weighted by atomic mass is 10.0. The van der Waals surface area contributed by atoms with Crippen LogP contribution in [0.1, 0.15) is 28.0 Å². The van der Waals surface area contributed by atoms with Crippen LogP contribution in [0.4, 0.5) is 0 Å². The summed E-state index contributed by atoms with van der Waals surface area (Å²) in [4.78, 5) is 12.4. The second kappa shape index (κ2) is 5.64. The van der Waals surface area contributed by atoms with Gasteiger partial charge in [0.1, 0.15) is 11.3 Å². The molecule has 110 valence electrons. The zero-order chi connectivity index (χ0) is 15.7. The fraction of sp³-hybridized carbons (Fsp3) is 0.150. The van der Waals surface area contributed by atoms with E-state index in [0.717, 1.165) is 5.56 Å². The summed E-state index contributed by atoms with van der Waals surface area (Å²) in [7, 11) is 0. The molecule has 1 aromatic heterocycles. The molecule has 1 heterocycles. The lowest BCUT2D eigenvalue weighted by molar-refractivity contribution is 0.585. The van der Waals surface area contributed by atoms with E-state index in [4.69, 9.17) is 4.42 Å². The van der Waals surface area contributed by atoms with Crippen molar-refractivity contribution < 1.29 is 4.42 Å². The second-order valence-corrected chi connectivity index (χ2v) is 5.54. The molecule has 2 nitrogen and oxygen atoms in total. The normalized spacial score (nSPS) is 11.4. The fourth-order valence-corrected chi connectivity index (χ4v) is 2.53. The molecule has 0 bridgehead atoms. The number of hydrogen-bond acceptors (Lipinski definition) is 2. The maximum absolute atomic E-state index is 12.4. The van der Waals surface area contributed by atoms with Gasteiger partial charge in [-0.1, -0.05) is 36.4 Å². The van der Waals surface area contributed by atoms with E-state index in [2.05, 4.69) is 26.0 Å². The summed E-state index contributed by atoms with van der Waals surface area (Å²) < 4.78 is 5.88. The van der Waals surface area contributed by atoms with Crippen molar-refractivity contribution in [3.05, 3.63) is 80.7 Å². The van der Waals surface area contributed by atoms with Crippen LogP contribution >= 0.6 is 0 Å². The molecular weight excluding hydrogens is 272 g/mol. The van der Waals surface area contributed by atoms with Gasteiger partial charge in [-0.05, 0) is 55.7 Å². The molecule has 0 saturated heterocycles. The van der Waals surface area contributed by atoms with Crippen LogP contribution in [0.2, 0.25) is 0 Å². The smallest absolute Gasteiger partial charge is 0.196 e. The van der Waals surface area contributed by atoms with Crippen molar-refractivity contribution in [3.8, 4) is 0 Å². The molecule has 2 aromatic carbocycles. The number of hydrogen-bond donors (Lipinski definition) is 0. The minimum Gasteiger partial charge on any atom is -0.456 e. The molecule has 0 unspecified atom stereocenters. The van der Waals surface area contributed by atoms with Gasteiger partial charge in [-0.15, -0.1) is 0 Å². The van der Waals surface area contributed by atoms with Gasteiger partial charge in [-0.2, -0.15) is 0 Å². The molecule has 0 radical (unpaired) electrons. The first-order valence-electron chi connectivity index (χ1n) is 7.34. The third-order valence-electron chi connectivity index (χ3n) is 4.12. The Morgan fingerprint density at radius 2 is 1.64 bits per heavy atom. The lowest BCUT2D eigenvalue weighted by Gasteiger charge is -2.05. The third-order valence-corrected chi connectivity index (χ3v) is 4.12. The van der Waals surface area contributed by atoms with Crippen LogP contribution in [0.25, 0.3) is 23.1 Å². The summed E-state index contributed by atoms with van der Waals surface area (Å²) >= 11 is 0. The monoisotopic (exact) mass is 290 g/mol. The molecule has 0 saturated carbocycles. The number of benzene rings is 2. The highest BCUT2D eigenvalue weighted by Crippen LogP contribution is 2.19. The van der Waals surface area contributed by atoms with Crippen LogP contribution in [0.3, 0.4) is 0 Å². The van der Waals surface area contributed by atoms with E-state index in [1.807, 2.05) is 36.4 Å². The summed E-state index contributed by atoms with van der Waals surface area (Å²) in [6.07, 6.45) is 3.88. The Kier molecular flexibility index (Phi) is 3.68. The summed E-state index contributed by atoms with van der Waals surface area (Å²) in [5.74, 6) is 0.615. The van der Waals surface area contributed by atoms with E-state index < -0.39 is 0 Å². The maximum Gasteiger partial charge on any atom is 0.196 e.